The number of aromatic nitrogens is 1. The Balaban J connectivity index is 2.00. The van der Waals surface area contributed by atoms with Gasteiger partial charge in [0.05, 0.1) is 11.4 Å². The first kappa shape index (κ1) is 12.3. The first-order valence-corrected chi connectivity index (χ1v) is 6.50. The lowest BCUT2D eigenvalue weighted by atomic mass is 10.1. The second-order valence-electron chi connectivity index (χ2n) is 4.54. The first-order valence-electron chi connectivity index (χ1n) is 6.50. The van der Waals surface area contributed by atoms with Gasteiger partial charge < -0.3 is 5.41 Å². The van der Waals surface area contributed by atoms with Gasteiger partial charge in [0.2, 0.25) is 0 Å². The van der Waals surface area contributed by atoms with Crippen molar-refractivity contribution < 1.29 is 0 Å². The molecule has 20 heavy (non-hydrogen) atoms. The van der Waals surface area contributed by atoms with Crippen molar-refractivity contribution in [1.29, 1.82) is 5.41 Å². The van der Waals surface area contributed by atoms with Crippen molar-refractivity contribution in [1.82, 2.24) is 4.98 Å². The van der Waals surface area contributed by atoms with Crippen molar-refractivity contribution in [3.05, 3.63) is 78.4 Å². The van der Waals surface area contributed by atoms with E-state index < -0.39 is 0 Å². The van der Waals surface area contributed by atoms with Crippen LogP contribution in [-0.4, -0.2) is 11.2 Å². The lowest BCUT2D eigenvalue weighted by Crippen LogP contribution is -1.88. The van der Waals surface area contributed by atoms with Crippen molar-refractivity contribution >= 4 is 6.21 Å². The van der Waals surface area contributed by atoms with Gasteiger partial charge in [-0.3, -0.25) is 0 Å². The van der Waals surface area contributed by atoms with Crippen LogP contribution in [0, 0.1) is 5.41 Å². The number of pyridine rings is 1. The lowest BCUT2D eigenvalue weighted by Gasteiger charge is -2.05. The average Bonchev–Trinajstić information content (AvgIpc) is 2.56. The van der Waals surface area contributed by atoms with E-state index in [9.17, 15) is 0 Å². The van der Waals surface area contributed by atoms with Crippen molar-refractivity contribution in [3.63, 3.8) is 0 Å². The molecule has 96 valence electrons. The van der Waals surface area contributed by atoms with Crippen LogP contribution < -0.4 is 0 Å². The van der Waals surface area contributed by atoms with Crippen LogP contribution in [0.2, 0.25) is 0 Å². The summed E-state index contributed by atoms with van der Waals surface area (Å²) in [5.74, 6) is 0. The monoisotopic (exact) mass is 258 g/mol. The third-order valence-electron chi connectivity index (χ3n) is 3.19. The Labute approximate surface area is 118 Å². The molecular weight excluding hydrogens is 244 g/mol. The molecule has 0 fully saturated rings. The molecule has 2 heteroatoms. The molecule has 0 spiro atoms. The Hall–Kier alpha value is -2.74. The molecule has 0 radical (unpaired) electrons. The van der Waals surface area contributed by atoms with Gasteiger partial charge in [-0.25, -0.2) is 4.98 Å². The van der Waals surface area contributed by atoms with Crippen molar-refractivity contribution in [2.45, 2.75) is 0 Å². The van der Waals surface area contributed by atoms with Crippen LogP contribution in [0.5, 0.6) is 0 Å². The highest BCUT2D eigenvalue weighted by molar-refractivity contribution is 5.78. The van der Waals surface area contributed by atoms with E-state index in [0.717, 1.165) is 28.1 Å². The minimum absolute atomic E-state index is 0.896. The van der Waals surface area contributed by atoms with Gasteiger partial charge in [-0.15, -0.1) is 0 Å². The molecule has 0 amide bonds. The summed E-state index contributed by atoms with van der Waals surface area (Å²) >= 11 is 0. The van der Waals surface area contributed by atoms with Crippen molar-refractivity contribution in [2.24, 2.45) is 0 Å². The Morgan fingerprint density at radius 2 is 1.25 bits per heavy atom. The molecule has 1 heterocycles. The van der Waals surface area contributed by atoms with Crippen LogP contribution in [0.1, 0.15) is 5.56 Å². The van der Waals surface area contributed by atoms with Crippen LogP contribution in [-0.2, 0) is 0 Å². The third-order valence-corrected chi connectivity index (χ3v) is 3.19. The predicted molar refractivity (Wildman–Crippen MR) is 83.0 cm³/mol. The van der Waals surface area contributed by atoms with E-state index in [1.807, 2.05) is 60.7 Å². The summed E-state index contributed by atoms with van der Waals surface area (Å²) in [5.41, 5.74) is 4.99. The summed E-state index contributed by atoms with van der Waals surface area (Å²) in [5, 5.41) is 7.22. The van der Waals surface area contributed by atoms with E-state index >= 15 is 0 Å². The largest absolute Gasteiger partial charge is 0.308 e. The number of nitrogens with one attached hydrogen (secondary N) is 1. The molecule has 1 aromatic heterocycles. The van der Waals surface area contributed by atoms with E-state index in [1.54, 1.807) is 0 Å². The minimum atomic E-state index is 0.896. The summed E-state index contributed by atoms with van der Waals surface area (Å²) in [6.07, 6.45) is 1.34. The number of benzene rings is 2. The number of hydrogen-bond donors (Lipinski definition) is 1. The topological polar surface area (TPSA) is 36.7 Å². The van der Waals surface area contributed by atoms with Gasteiger partial charge in [-0.1, -0.05) is 60.7 Å². The maximum Gasteiger partial charge on any atom is 0.0709 e. The smallest absolute Gasteiger partial charge is 0.0709 e. The highest BCUT2D eigenvalue weighted by atomic mass is 14.7. The van der Waals surface area contributed by atoms with Gasteiger partial charge in [0.15, 0.2) is 0 Å². The molecule has 3 aromatic rings. The quantitative estimate of drug-likeness (QED) is 0.694. The predicted octanol–water partition coefficient (Wildman–Crippen LogP) is 4.41. The molecule has 0 bridgehead atoms. The van der Waals surface area contributed by atoms with Gasteiger partial charge in [0.25, 0.3) is 0 Å². The molecule has 0 saturated heterocycles. The zero-order chi connectivity index (χ0) is 13.8. The molecule has 2 aromatic carbocycles. The maximum absolute atomic E-state index is 7.22. The summed E-state index contributed by atoms with van der Waals surface area (Å²) in [6, 6.07) is 24.1. The average molecular weight is 258 g/mol. The van der Waals surface area contributed by atoms with E-state index in [0.29, 0.717) is 0 Å². The summed E-state index contributed by atoms with van der Waals surface area (Å²) in [7, 11) is 0. The van der Waals surface area contributed by atoms with Crippen LogP contribution >= 0.6 is 0 Å². The zero-order valence-corrected chi connectivity index (χ0v) is 11.0. The molecule has 1 N–H and O–H groups in total. The second kappa shape index (κ2) is 5.49. The molecule has 0 saturated carbocycles. The van der Waals surface area contributed by atoms with Gasteiger partial charge in [0, 0.05) is 17.3 Å². The number of hydrogen-bond acceptors (Lipinski definition) is 2. The number of nitrogens with zero attached hydrogens (tertiary/aromatic N) is 1. The maximum atomic E-state index is 7.22. The fourth-order valence-corrected chi connectivity index (χ4v) is 2.12. The van der Waals surface area contributed by atoms with Crippen LogP contribution in [0.3, 0.4) is 0 Å². The fraction of sp³-hybridized carbons (Fsp3) is 0. The molecule has 2 nitrogen and oxygen atoms in total. The van der Waals surface area contributed by atoms with Gasteiger partial charge in [0.1, 0.15) is 0 Å². The standard InChI is InChI=1S/C18H14N2/c19-13-14-9-11-16(12-10-14)18-8-4-7-17(20-18)15-5-2-1-3-6-15/h1-13,19H. The summed E-state index contributed by atoms with van der Waals surface area (Å²) in [6.45, 7) is 0. The molecular formula is C18H14N2. The molecule has 0 unspecified atom stereocenters. The van der Waals surface area contributed by atoms with E-state index in [1.165, 1.54) is 6.21 Å². The van der Waals surface area contributed by atoms with E-state index in [-0.39, 0.29) is 0 Å². The highest BCUT2D eigenvalue weighted by Crippen LogP contribution is 2.22. The molecule has 0 aliphatic carbocycles. The fourth-order valence-electron chi connectivity index (χ4n) is 2.12. The molecule has 3 rings (SSSR count). The first-order chi connectivity index (χ1) is 9.86. The van der Waals surface area contributed by atoms with Crippen LogP contribution in [0.4, 0.5) is 0 Å². The van der Waals surface area contributed by atoms with Gasteiger partial charge in [-0.05, 0) is 17.7 Å². The van der Waals surface area contributed by atoms with Gasteiger partial charge in [-0.2, -0.15) is 0 Å². The molecule has 0 aliphatic rings. The van der Waals surface area contributed by atoms with Crippen LogP contribution in [0.15, 0.2) is 72.8 Å². The Bertz CT molecular complexity index is 716. The Morgan fingerprint density at radius 1 is 0.650 bits per heavy atom. The highest BCUT2D eigenvalue weighted by Gasteiger charge is 2.02. The Morgan fingerprint density at radius 3 is 1.85 bits per heavy atom. The summed E-state index contributed by atoms with van der Waals surface area (Å²) in [4.78, 5) is 4.71. The van der Waals surface area contributed by atoms with E-state index in [4.69, 9.17) is 10.4 Å². The lowest BCUT2D eigenvalue weighted by molar-refractivity contribution is 1.32. The number of rotatable bonds is 3. The van der Waals surface area contributed by atoms with E-state index in [2.05, 4.69) is 12.1 Å². The van der Waals surface area contributed by atoms with Gasteiger partial charge >= 0.3 is 0 Å². The Kier molecular flexibility index (Phi) is 3.38. The van der Waals surface area contributed by atoms with Crippen molar-refractivity contribution in [3.8, 4) is 22.5 Å². The van der Waals surface area contributed by atoms with Crippen molar-refractivity contribution in [2.75, 3.05) is 0 Å². The third kappa shape index (κ3) is 2.50. The second-order valence-corrected chi connectivity index (χ2v) is 4.54. The summed E-state index contributed by atoms with van der Waals surface area (Å²) < 4.78 is 0. The zero-order valence-electron chi connectivity index (χ0n) is 11.0. The normalized spacial score (nSPS) is 10.2. The SMILES string of the molecule is N=Cc1ccc(-c2cccc(-c3ccccc3)n2)cc1. The molecule has 0 aliphatic heterocycles. The molecule has 0 atom stereocenters. The van der Waals surface area contributed by atoms with Crippen LogP contribution in [0.25, 0.3) is 22.5 Å². The minimum Gasteiger partial charge on any atom is -0.308 e.